The van der Waals surface area contributed by atoms with Crippen molar-refractivity contribution in [3.8, 4) is 11.5 Å². The molecule has 0 aliphatic rings. The van der Waals surface area contributed by atoms with Gasteiger partial charge in [0.25, 0.3) is 0 Å². The fourth-order valence-corrected chi connectivity index (χ4v) is 2.62. The lowest BCUT2D eigenvalue weighted by atomic mass is 10.0. The van der Waals surface area contributed by atoms with Crippen LogP contribution in [0.5, 0.6) is 11.5 Å². The van der Waals surface area contributed by atoms with Crippen molar-refractivity contribution in [3.63, 3.8) is 0 Å². The van der Waals surface area contributed by atoms with Gasteiger partial charge < -0.3 is 19.9 Å². The standard InChI is InChI=1S/C19H21NO5/c1-24-16-9-6-10-17(25-2)14(16)11-18(21)20-15(12-19(22)23)13-7-4-3-5-8-13/h3-10,15H,11-12H2,1-2H3,(H,20,21)(H,22,23). The Balaban J connectivity index is 2.18. The fraction of sp³-hybridized carbons (Fsp3) is 0.263. The van der Waals surface area contributed by atoms with Crippen LogP contribution in [0.3, 0.4) is 0 Å². The third-order valence-corrected chi connectivity index (χ3v) is 3.78. The summed E-state index contributed by atoms with van der Waals surface area (Å²) >= 11 is 0. The Kier molecular flexibility index (Phi) is 6.39. The summed E-state index contributed by atoms with van der Waals surface area (Å²) in [6, 6.07) is 13.7. The van der Waals surface area contributed by atoms with Gasteiger partial charge in [0.15, 0.2) is 0 Å². The Morgan fingerprint density at radius 2 is 1.60 bits per heavy atom. The molecule has 0 spiro atoms. The topological polar surface area (TPSA) is 84.9 Å². The Labute approximate surface area is 146 Å². The highest BCUT2D eigenvalue weighted by Gasteiger charge is 2.20. The third-order valence-electron chi connectivity index (χ3n) is 3.78. The molecule has 25 heavy (non-hydrogen) atoms. The average Bonchev–Trinajstić information content (AvgIpc) is 2.61. The Bertz CT molecular complexity index is 708. The molecule has 0 saturated carbocycles. The van der Waals surface area contributed by atoms with Crippen molar-refractivity contribution in [1.29, 1.82) is 0 Å². The number of benzene rings is 2. The van der Waals surface area contributed by atoms with E-state index in [1.807, 2.05) is 6.07 Å². The van der Waals surface area contributed by atoms with Gasteiger partial charge in [0, 0.05) is 5.56 Å². The second-order valence-corrected chi connectivity index (χ2v) is 5.45. The van der Waals surface area contributed by atoms with Crippen molar-refractivity contribution in [3.05, 3.63) is 59.7 Å². The molecule has 2 N–H and O–H groups in total. The fourth-order valence-electron chi connectivity index (χ4n) is 2.62. The number of carboxylic acid groups (broad SMARTS) is 1. The summed E-state index contributed by atoms with van der Waals surface area (Å²) in [6.07, 6.45) is -0.172. The van der Waals surface area contributed by atoms with Crippen LogP contribution in [0.4, 0.5) is 0 Å². The van der Waals surface area contributed by atoms with E-state index >= 15 is 0 Å². The summed E-state index contributed by atoms with van der Waals surface area (Å²) in [5, 5.41) is 11.9. The summed E-state index contributed by atoms with van der Waals surface area (Å²) in [5.41, 5.74) is 1.36. The molecular formula is C19H21NO5. The van der Waals surface area contributed by atoms with Crippen LogP contribution < -0.4 is 14.8 Å². The van der Waals surface area contributed by atoms with Gasteiger partial charge in [-0.05, 0) is 17.7 Å². The van der Waals surface area contributed by atoms with Gasteiger partial charge in [-0.15, -0.1) is 0 Å². The van der Waals surface area contributed by atoms with Crippen LogP contribution in [-0.4, -0.2) is 31.2 Å². The quantitative estimate of drug-likeness (QED) is 0.769. The van der Waals surface area contributed by atoms with Gasteiger partial charge in [-0.3, -0.25) is 9.59 Å². The smallest absolute Gasteiger partial charge is 0.305 e. The molecule has 2 rings (SSSR count). The molecule has 0 aliphatic carbocycles. The Morgan fingerprint density at radius 3 is 2.12 bits per heavy atom. The van der Waals surface area contributed by atoms with E-state index in [1.54, 1.807) is 42.5 Å². The van der Waals surface area contributed by atoms with Crippen molar-refractivity contribution in [1.82, 2.24) is 5.32 Å². The number of carboxylic acids is 1. The molecule has 1 unspecified atom stereocenters. The Hall–Kier alpha value is -3.02. The van der Waals surface area contributed by atoms with Gasteiger partial charge in [-0.2, -0.15) is 0 Å². The monoisotopic (exact) mass is 343 g/mol. The first-order valence-corrected chi connectivity index (χ1v) is 7.81. The first-order valence-electron chi connectivity index (χ1n) is 7.81. The van der Waals surface area contributed by atoms with E-state index in [9.17, 15) is 9.59 Å². The Morgan fingerprint density at radius 1 is 1.00 bits per heavy atom. The van der Waals surface area contributed by atoms with Gasteiger partial charge in [0.05, 0.1) is 33.1 Å². The number of aliphatic carboxylic acids is 1. The molecule has 0 radical (unpaired) electrons. The van der Waals surface area contributed by atoms with E-state index in [0.717, 1.165) is 5.56 Å². The van der Waals surface area contributed by atoms with Gasteiger partial charge >= 0.3 is 5.97 Å². The first-order chi connectivity index (χ1) is 12.0. The minimum absolute atomic E-state index is 0.0239. The molecule has 2 aromatic carbocycles. The zero-order valence-electron chi connectivity index (χ0n) is 14.2. The molecule has 0 saturated heterocycles. The SMILES string of the molecule is COc1cccc(OC)c1CC(=O)NC(CC(=O)O)c1ccccc1. The van der Waals surface area contributed by atoms with Crippen molar-refractivity contribution >= 4 is 11.9 Å². The maximum absolute atomic E-state index is 12.5. The number of nitrogens with one attached hydrogen (secondary N) is 1. The number of methoxy groups -OCH3 is 2. The van der Waals surface area contributed by atoms with Crippen LogP contribution in [0.1, 0.15) is 23.6 Å². The molecule has 2 aromatic rings. The van der Waals surface area contributed by atoms with Crippen LogP contribution >= 0.6 is 0 Å². The summed E-state index contributed by atoms with van der Waals surface area (Å²) in [5.74, 6) is -0.199. The molecule has 0 fully saturated rings. The van der Waals surface area contributed by atoms with E-state index in [0.29, 0.717) is 17.1 Å². The van der Waals surface area contributed by atoms with Crippen molar-refractivity contribution in [2.75, 3.05) is 14.2 Å². The molecular weight excluding hydrogens is 322 g/mol. The van der Waals surface area contributed by atoms with Crippen molar-refractivity contribution in [2.24, 2.45) is 0 Å². The number of hydrogen-bond donors (Lipinski definition) is 2. The lowest BCUT2D eigenvalue weighted by Gasteiger charge is -2.19. The third kappa shape index (κ3) is 4.97. The van der Waals surface area contributed by atoms with Gasteiger partial charge in [-0.25, -0.2) is 0 Å². The molecule has 0 aliphatic heterocycles. The lowest BCUT2D eigenvalue weighted by Crippen LogP contribution is -2.31. The average molecular weight is 343 g/mol. The van der Waals surface area contributed by atoms with Gasteiger partial charge in [0.2, 0.25) is 5.91 Å². The van der Waals surface area contributed by atoms with Crippen LogP contribution in [0.15, 0.2) is 48.5 Å². The first kappa shape index (κ1) is 18.3. The molecule has 6 nitrogen and oxygen atoms in total. The predicted molar refractivity (Wildman–Crippen MR) is 92.8 cm³/mol. The molecule has 0 bridgehead atoms. The zero-order valence-corrected chi connectivity index (χ0v) is 14.2. The van der Waals surface area contributed by atoms with Crippen molar-refractivity contribution < 1.29 is 24.2 Å². The second kappa shape index (κ2) is 8.73. The van der Waals surface area contributed by atoms with E-state index in [2.05, 4.69) is 5.32 Å². The maximum atomic E-state index is 12.5. The predicted octanol–water partition coefficient (Wildman–Crippen LogP) is 2.58. The second-order valence-electron chi connectivity index (χ2n) is 5.45. The number of rotatable bonds is 8. The number of hydrogen-bond acceptors (Lipinski definition) is 4. The minimum Gasteiger partial charge on any atom is -0.496 e. The molecule has 6 heteroatoms. The van der Waals surface area contributed by atoms with Gasteiger partial charge in [0.1, 0.15) is 11.5 Å². The van der Waals surface area contributed by atoms with E-state index in [1.165, 1.54) is 14.2 Å². The highest BCUT2D eigenvalue weighted by Crippen LogP contribution is 2.29. The zero-order chi connectivity index (χ0) is 18.2. The summed E-state index contributed by atoms with van der Waals surface area (Å²) in [6.45, 7) is 0. The van der Waals surface area contributed by atoms with Crippen LogP contribution in [0.25, 0.3) is 0 Å². The van der Waals surface area contributed by atoms with E-state index in [-0.39, 0.29) is 18.7 Å². The molecule has 1 amide bonds. The summed E-state index contributed by atoms with van der Waals surface area (Å²) in [7, 11) is 3.04. The lowest BCUT2D eigenvalue weighted by molar-refractivity contribution is -0.137. The highest BCUT2D eigenvalue weighted by atomic mass is 16.5. The van der Waals surface area contributed by atoms with Gasteiger partial charge in [-0.1, -0.05) is 36.4 Å². The van der Waals surface area contributed by atoms with Crippen LogP contribution in [0, 0.1) is 0 Å². The van der Waals surface area contributed by atoms with Crippen LogP contribution in [0.2, 0.25) is 0 Å². The summed E-state index contributed by atoms with van der Waals surface area (Å²) < 4.78 is 10.6. The van der Waals surface area contributed by atoms with Crippen LogP contribution in [-0.2, 0) is 16.0 Å². The molecule has 0 heterocycles. The minimum atomic E-state index is -0.982. The maximum Gasteiger partial charge on any atom is 0.305 e. The molecule has 0 aromatic heterocycles. The normalized spacial score (nSPS) is 11.4. The number of ether oxygens (including phenoxy) is 2. The number of amides is 1. The molecule has 132 valence electrons. The molecule has 1 atom stereocenters. The van der Waals surface area contributed by atoms with E-state index in [4.69, 9.17) is 14.6 Å². The van der Waals surface area contributed by atoms with Crippen molar-refractivity contribution in [2.45, 2.75) is 18.9 Å². The van der Waals surface area contributed by atoms with E-state index < -0.39 is 12.0 Å². The summed E-state index contributed by atoms with van der Waals surface area (Å²) in [4.78, 5) is 23.6. The number of carbonyl (C=O) groups is 2. The highest BCUT2D eigenvalue weighted by molar-refractivity contribution is 5.81. The number of carbonyl (C=O) groups excluding carboxylic acids is 1. The largest absolute Gasteiger partial charge is 0.496 e.